The summed E-state index contributed by atoms with van der Waals surface area (Å²) in [6.45, 7) is 9.67. The van der Waals surface area contributed by atoms with E-state index in [1.165, 1.54) is 18.5 Å². The van der Waals surface area contributed by atoms with E-state index in [1.807, 2.05) is 6.07 Å². The summed E-state index contributed by atoms with van der Waals surface area (Å²) >= 11 is 0. The number of aromatic nitrogens is 1. The van der Waals surface area contributed by atoms with E-state index in [0.717, 1.165) is 43.6 Å². The lowest BCUT2D eigenvalue weighted by Gasteiger charge is -2.43. The number of hydrogen-bond donors (Lipinski definition) is 0. The number of ether oxygens (including phenoxy) is 1. The maximum Gasteiger partial charge on any atom is 0.123 e. The molecule has 0 spiro atoms. The molecule has 1 aromatic heterocycles. The molecule has 1 aromatic carbocycles. The van der Waals surface area contributed by atoms with Crippen molar-refractivity contribution in [2.75, 3.05) is 26.2 Å². The highest BCUT2D eigenvalue weighted by atomic mass is 19.1. The first-order valence-electron chi connectivity index (χ1n) is 9.85. The van der Waals surface area contributed by atoms with Crippen LogP contribution in [0.1, 0.15) is 32.4 Å². The highest BCUT2D eigenvalue weighted by molar-refractivity contribution is 5.81. The molecule has 0 radical (unpaired) electrons. The summed E-state index contributed by atoms with van der Waals surface area (Å²) in [5, 5.41) is 0.994. The van der Waals surface area contributed by atoms with Gasteiger partial charge in [-0.15, -0.1) is 0 Å². The molecule has 2 aliphatic rings. The zero-order valence-corrected chi connectivity index (χ0v) is 16.1. The smallest absolute Gasteiger partial charge is 0.123 e. The minimum atomic E-state index is -0.163. The molecule has 2 fully saturated rings. The van der Waals surface area contributed by atoms with Crippen molar-refractivity contribution in [3.05, 3.63) is 35.8 Å². The van der Waals surface area contributed by atoms with E-state index in [0.29, 0.717) is 18.2 Å². The second-order valence-corrected chi connectivity index (χ2v) is 8.12. The van der Waals surface area contributed by atoms with Crippen LogP contribution in [0.2, 0.25) is 0 Å². The van der Waals surface area contributed by atoms with Gasteiger partial charge in [-0.25, -0.2) is 4.39 Å². The Morgan fingerprint density at radius 2 is 1.77 bits per heavy atom. The summed E-state index contributed by atoms with van der Waals surface area (Å²) in [5.41, 5.74) is 2.37. The molecule has 0 bridgehead atoms. The fourth-order valence-corrected chi connectivity index (χ4v) is 4.72. The minimum absolute atomic E-state index is 0.163. The Kier molecular flexibility index (Phi) is 5.04. The Morgan fingerprint density at radius 3 is 2.46 bits per heavy atom. The van der Waals surface area contributed by atoms with E-state index in [1.54, 1.807) is 12.1 Å². The van der Waals surface area contributed by atoms with Gasteiger partial charge >= 0.3 is 0 Å². The molecule has 2 atom stereocenters. The lowest BCUT2D eigenvalue weighted by molar-refractivity contribution is -0.0866. The van der Waals surface area contributed by atoms with Crippen molar-refractivity contribution >= 4 is 10.9 Å². The predicted octanol–water partition coefficient (Wildman–Crippen LogP) is 3.39. The highest BCUT2D eigenvalue weighted by Crippen LogP contribution is 2.25. The van der Waals surface area contributed by atoms with Gasteiger partial charge in [-0.05, 0) is 51.0 Å². The Bertz CT molecular complexity index is 756. The Labute approximate surface area is 155 Å². The van der Waals surface area contributed by atoms with E-state index in [4.69, 9.17) is 4.74 Å². The Morgan fingerprint density at radius 1 is 1.08 bits per heavy atom. The molecule has 142 valence electrons. The number of rotatable bonds is 3. The van der Waals surface area contributed by atoms with Crippen molar-refractivity contribution in [1.29, 1.82) is 0 Å². The molecule has 2 aromatic rings. The fourth-order valence-electron chi connectivity index (χ4n) is 4.72. The largest absolute Gasteiger partial charge is 0.373 e. The summed E-state index contributed by atoms with van der Waals surface area (Å²) in [7, 11) is 2.08. The molecule has 0 saturated carbocycles. The van der Waals surface area contributed by atoms with Gasteiger partial charge in [-0.3, -0.25) is 9.80 Å². The molecule has 0 amide bonds. The zero-order chi connectivity index (χ0) is 18.3. The molecule has 0 aliphatic carbocycles. The predicted molar refractivity (Wildman–Crippen MR) is 103 cm³/mol. The second-order valence-electron chi connectivity index (χ2n) is 8.12. The van der Waals surface area contributed by atoms with Crippen LogP contribution in [0.15, 0.2) is 24.3 Å². The first kappa shape index (κ1) is 18.0. The minimum Gasteiger partial charge on any atom is -0.373 e. The van der Waals surface area contributed by atoms with Crippen LogP contribution in [0.25, 0.3) is 10.9 Å². The fraction of sp³-hybridized carbons (Fsp3) is 0.619. The van der Waals surface area contributed by atoms with Crippen LogP contribution in [-0.4, -0.2) is 58.8 Å². The number of halogens is 1. The summed E-state index contributed by atoms with van der Waals surface area (Å²) in [6, 6.07) is 7.87. The van der Waals surface area contributed by atoms with Crippen molar-refractivity contribution in [2.24, 2.45) is 7.05 Å². The van der Waals surface area contributed by atoms with Gasteiger partial charge in [0.1, 0.15) is 5.82 Å². The number of fused-ring (bicyclic) bond motifs is 1. The lowest BCUT2D eigenvalue weighted by Crippen LogP contribution is -2.53. The van der Waals surface area contributed by atoms with Crippen molar-refractivity contribution in [1.82, 2.24) is 14.4 Å². The third kappa shape index (κ3) is 3.66. The van der Waals surface area contributed by atoms with Gasteiger partial charge in [0.2, 0.25) is 0 Å². The molecule has 4 rings (SSSR count). The maximum atomic E-state index is 13.5. The average Bonchev–Trinajstić information content (AvgIpc) is 2.90. The second kappa shape index (κ2) is 7.29. The third-order valence-corrected chi connectivity index (χ3v) is 6.01. The number of benzene rings is 1. The molecule has 4 nitrogen and oxygen atoms in total. The topological polar surface area (TPSA) is 20.6 Å². The molecule has 2 saturated heterocycles. The molecular formula is C21H30FN3O. The van der Waals surface area contributed by atoms with Gasteiger partial charge in [0.15, 0.2) is 0 Å². The van der Waals surface area contributed by atoms with Crippen LogP contribution in [-0.2, 0) is 18.3 Å². The van der Waals surface area contributed by atoms with Gasteiger partial charge in [0.05, 0.1) is 12.2 Å². The van der Waals surface area contributed by atoms with E-state index in [9.17, 15) is 4.39 Å². The van der Waals surface area contributed by atoms with Crippen LogP contribution >= 0.6 is 0 Å². The molecular weight excluding hydrogens is 329 g/mol. The number of hydrogen-bond acceptors (Lipinski definition) is 3. The summed E-state index contributed by atoms with van der Waals surface area (Å²) < 4.78 is 21.6. The molecule has 26 heavy (non-hydrogen) atoms. The van der Waals surface area contributed by atoms with Gasteiger partial charge in [-0.2, -0.15) is 0 Å². The Balaban J connectivity index is 1.37. The first-order chi connectivity index (χ1) is 12.5. The standard InChI is InChI=1S/C21H30FN3O/c1-15-12-25(13-16(2)26-15)19-6-8-24(9-7-19)14-20-11-17-10-18(22)4-5-21(17)23(20)3/h4-5,10-11,15-16,19H,6-9,12-14H2,1-3H3/t15-,16+. The van der Waals surface area contributed by atoms with Crippen molar-refractivity contribution < 1.29 is 9.13 Å². The van der Waals surface area contributed by atoms with Crippen LogP contribution in [0.3, 0.4) is 0 Å². The maximum absolute atomic E-state index is 13.5. The van der Waals surface area contributed by atoms with Crippen molar-refractivity contribution in [3.8, 4) is 0 Å². The van der Waals surface area contributed by atoms with Crippen LogP contribution in [0, 0.1) is 5.82 Å². The monoisotopic (exact) mass is 359 g/mol. The molecule has 3 heterocycles. The molecule has 2 aliphatic heterocycles. The molecule has 5 heteroatoms. The van der Waals surface area contributed by atoms with Gasteiger partial charge in [0.25, 0.3) is 0 Å². The molecule has 0 N–H and O–H groups in total. The third-order valence-electron chi connectivity index (χ3n) is 6.01. The van der Waals surface area contributed by atoms with Gasteiger partial charge in [0, 0.05) is 62.4 Å². The van der Waals surface area contributed by atoms with Gasteiger partial charge in [-0.1, -0.05) is 0 Å². The van der Waals surface area contributed by atoms with E-state index in [2.05, 4.69) is 41.3 Å². The SMILES string of the molecule is C[C@@H]1CN(C2CCN(Cc3cc4cc(F)ccc4n3C)CC2)C[C@H](C)O1. The highest BCUT2D eigenvalue weighted by Gasteiger charge is 2.30. The number of aryl methyl sites for hydroxylation is 1. The van der Waals surface area contributed by atoms with E-state index >= 15 is 0 Å². The van der Waals surface area contributed by atoms with Crippen LogP contribution < -0.4 is 0 Å². The summed E-state index contributed by atoms with van der Waals surface area (Å²) in [6.07, 6.45) is 3.12. The number of nitrogens with zero attached hydrogens (tertiary/aromatic N) is 3. The van der Waals surface area contributed by atoms with Crippen molar-refractivity contribution in [2.45, 2.75) is 51.5 Å². The number of morpholine rings is 1. The van der Waals surface area contributed by atoms with E-state index < -0.39 is 0 Å². The quantitative estimate of drug-likeness (QED) is 0.838. The zero-order valence-electron chi connectivity index (χ0n) is 16.1. The number of piperidine rings is 1. The van der Waals surface area contributed by atoms with Crippen LogP contribution in [0.4, 0.5) is 4.39 Å². The normalized spacial score (nSPS) is 26.6. The van der Waals surface area contributed by atoms with Crippen LogP contribution in [0.5, 0.6) is 0 Å². The van der Waals surface area contributed by atoms with E-state index in [-0.39, 0.29) is 5.82 Å². The lowest BCUT2D eigenvalue weighted by atomic mass is 10.0. The van der Waals surface area contributed by atoms with Gasteiger partial charge < -0.3 is 9.30 Å². The van der Waals surface area contributed by atoms with Crippen molar-refractivity contribution in [3.63, 3.8) is 0 Å². The first-order valence-corrected chi connectivity index (χ1v) is 9.85. The average molecular weight is 359 g/mol. The molecule has 0 unspecified atom stereocenters. The number of likely N-dealkylation sites (tertiary alicyclic amines) is 1. The summed E-state index contributed by atoms with van der Waals surface area (Å²) in [5.74, 6) is -0.163. The Hall–Kier alpha value is -1.43. The summed E-state index contributed by atoms with van der Waals surface area (Å²) in [4.78, 5) is 5.17.